The van der Waals surface area contributed by atoms with Crippen molar-refractivity contribution in [3.8, 4) is 5.75 Å². The number of methoxy groups -OCH3 is 1. The molecule has 3 rings (SSSR count). The number of hydrogen-bond donors (Lipinski definition) is 1. The Bertz CT molecular complexity index is 689. The molecule has 1 atom stereocenters. The molecule has 0 spiro atoms. The molecule has 1 aromatic heterocycles. The second-order valence-corrected chi connectivity index (χ2v) is 6.37. The summed E-state index contributed by atoms with van der Waals surface area (Å²) in [6.45, 7) is 3.35. The van der Waals surface area contributed by atoms with Crippen molar-refractivity contribution in [2.24, 2.45) is 0 Å². The predicted octanol–water partition coefficient (Wildman–Crippen LogP) is 2.81. The van der Waals surface area contributed by atoms with Gasteiger partial charge in [0.05, 0.1) is 18.1 Å². The average molecular weight is 333 g/mol. The number of nitrogens with zero attached hydrogens (tertiary/aromatic N) is 2. The lowest BCUT2D eigenvalue weighted by molar-refractivity contribution is -0.380. The van der Waals surface area contributed by atoms with E-state index in [0.717, 1.165) is 36.5 Å². The fourth-order valence-corrected chi connectivity index (χ4v) is 3.68. The van der Waals surface area contributed by atoms with Crippen LogP contribution >= 0.6 is 11.3 Å². The number of para-hydroxylation sites is 1. The van der Waals surface area contributed by atoms with E-state index in [1.54, 1.807) is 13.2 Å². The molecule has 0 saturated carbocycles. The minimum atomic E-state index is -0.330. The number of benzene rings is 1. The van der Waals surface area contributed by atoms with Crippen LogP contribution in [0.3, 0.4) is 0 Å². The lowest BCUT2D eigenvalue weighted by Crippen LogP contribution is -2.45. The van der Waals surface area contributed by atoms with Crippen molar-refractivity contribution in [3.05, 3.63) is 57.0 Å². The highest BCUT2D eigenvalue weighted by Crippen LogP contribution is 2.32. The summed E-state index contributed by atoms with van der Waals surface area (Å²) in [6.07, 6.45) is 0. The summed E-state index contributed by atoms with van der Waals surface area (Å²) >= 11 is 1.18. The molecule has 0 aliphatic carbocycles. The van der Waals surface area contributed by atoms with Gasteiger partial charge in [-0.05, 0) is 11.6 Å². The second kappa shape index (κ2) is 7.08. The summed E-state index contributed by atoms with van der Waals surface area (Å²) in [7, 11) is 1.68. The van der Waals surface area contributed by atoms with Crippen LogP contribution in [-0.4, -0.2) is 36.6 Å². The molecular weight excluding hydrogens is 314 g/mol. The van der Waals surface area contributed by atoms with Gasteiger partial charge in [0.1, 0.15) is 5.75 Å². The summed E-state index contributed by atoms with van der Waals surface area (Å²) in [6, 6.07) is 9.90. The zero-order valence-electron chi connectivity index (χ0n) is 12.9. The monoisotopic (exact) mass is 333 g/mol. The standard InChI is InChI=1S/C16H19N3O3S/c1-22-15-5-3-2-4-13(15)14-9-17-6-7-18(14)10-12-8-16(19(20)21)23-11-12/h2-5,8,11,14,17H,6-7,9-10H2,1H3. The summed E-state index contributed by atoms with van der Waals surface area (Å²) in [5.41, 5.74) is 2.13. The number of hydrogen-bond acceptors (Lipinski definition) is 6. The van der Waals surface area contributed by atoms with Crippen molar-refractivity contribution < 1.29 is 9.66 Å². The first kappa shape index (κ1) is 15.9. The fraction of sp³-hybridized carbons (Fsp3) is 0.375. The number of nitro groups is 1. The minimum absolute atomic E-state index is 0.193. The van der Waals surface area contributed by atoms with E-state index >= 15 is 0 Å². The van der Waals surface area contributed by atoms with Crippen LogP contribution in [0.25, 0.3) is 0 Å². The summed E-state index contributed by atoms with van der Waals surface area (Å²) in [5.74, 6) is 0.877. The fourth-order valence-electron chi connectivity index (χ4n) is 2.96. The van der Waals surface area contributed by atoms with E-state index in [9.17, 15) is 10.1 Å². The molecule has 1 saturated heterocycles. The van der Waals surface area contributed by atoms with Crippen LogP contribution in [0.1, 0.15) is 17.2 Å². The molecule has 0 radical (unpaired) electrons. The molecule has 1 unspecified atom stereocenters. The third-order valence-electron chi connectivity index (χ3n) is 4.06. The molecular formula is C16H19N3O3S. The van der Waals surface area contributed by atoms with Gasteiger partial charge in [-0.15, -0.1) is 0 Å². The smallest absolute Gasteiger partial charge is 0.324 e. The van der Waals surface area contributed by atoms with Crippen LogP contribution in [0.5, 0.6) is 5.75 Å². The first-order valence-corrected chi connectivity index (χ1v) is 8.36. The Balaban J connectivity index is 1.82. The van der Waals surface area contributed by atoms with E-state index < -0.39 is 0 Å². The Morgan fingerprint density at radius 1 is 1.48 bits per heavy atom. The largest absolute Gasteiger partial charge is 0.496 e. The van der Waals surface area contributed by atoms with E-state index in [-0.39, 0.29) is 16.0 Å². The Hall–Kier alpha value is -1.96. The molecule has 23 heavy (non-hydrogen) atoms. The van der Waals surface area contributed by atoms with Gasteiger partial charge < -0.3 is 10.1 Å². The summed E-state index contributed by atoms with van der Waals surface area (Å²) in [5, 5.41) is 16.3. The van der Waals surface area contributed by atoms with E-state index in [1.165, 1.54) is 11.3 Å². The number of piperazine rings is 1. The van der Waals surface area contributed by atoms with Gasteiger partial charge in [0, 0.05) is 43.2 Å². The molecule has 1 aromatic carbocycles. The van der Waals surface area contributed by atoms with Gasteiger partial charge in [-0.25, -0.2) is 0 Å². The van der Waals surface area contributed by atoms with Gasteiger partial charge in [0.2, 0.25) is 0 Å². The van der Waals surface area contributed by atoms with E-state index in [0.29, 0.717) is 6.54 Å². The third-order valence-corrected chi connectivity index (χ3v) is 4.99. The zero-order valence-corrected chi connectivity index (χ0v) is 13.7. The molecule has 2 heterocycles. The highest BCUT2D eigenvalue weighted by atomic mass is 32.1. The molecule has 1 aliphatic rings. The van der Waals surface area contributed by atoms with Gasteiger partial charge in [-0.3, -0.25) is 15.0 Å². The lowest BCUT2D eigenvalue weighted by Gasteiger charge is -2.36. The van der Waals surface area contributed by atoms with Crippen LogP contribution in [-0.2, 0) is 6.54 Å². The maximum absolute atomic E-state index is 10.9. The van der Waals surface area contributed by atoms with Gasteiger partial charge in [0.15, 0.2) is 0 Å². The number of thiophene rings is 1. The maximum Gasteiger partial charge on any atom is 0.324 e. The summed E-state index contributed by atoms with van der Waals surface area (Å²) in [4.78, 5) is 12.9. The molecule has 0 bridgehead atoms. The highest BCUT2D eigenvalue weighted by molar-refractivity contribution is 7.13. The van der Waals surface area contributed by atoms with Crippen molar-refractivity contribution >= 4 is 16.3 Å². The molecule has 6 nitrogen and oxygen atoms in total. The maximum atomic E-state index is 10.9. The first-order chi connectivity index (χ1) is 11.2. The Labute approximate surface area is 138 Å². The second-order valence-electron chi connectivity index (χ2n) is 5.48. The van der Waals surface area contributed by atoms with Gasteiger partial charge in [-0.2, -0.15) is 0 Å². The molecule has 1 aliphatic heterocycles. The SMILES string of the molecule is COc1ccccc1C1CNCCN1Cc1csc([N+](=O)[O-])c1. The first-order valence-electron chi connectivity index (χ1n) is 7.48. The molecule has 7 heteroatoms. The number of rotatable bonds is 5. The Kier molecular flexibility index (Phi) is 4.90. The Morgan fingerprint density at radius 2 is 2.30 bits per heavy atom. The van der Waals surface area contributed by atoms with Crippen molar-refractivity contribution in [3.63, 3.8) is 0 Å². The van der Waals surface area contributed by atoms with Crippen molar-refractivity contribution in [1.29, 1.82) is 0 Å². The van der Waals surface area contributed by atoms with Gasteiger partial charge >= 0.3 is 5.00 Å². The van der Waals surface area contributed by atoms with Crippen molar-refractivity contribution in [1.82, 2.24) is 10.2 Å². The summed E-state index contributed by atoms with van der Waals surface area (Å²) < 4.78 is 5.49. The van der Waals surface area contributed by atoms with E-state index in [2.05, 4.69) is 16.3 Å². The van der Waals surface area contributed by atoms with Crippen LogP contribution in [0.2, 0.25) is 0 Å². The normalized spacial score (nSPS) is 18.7. The number of nitrogens with one attached hydrogen (secondary N) is 1. The lowest BCUT2D eigenvalue weighted by atomic mass is 10.0. The topological polar surface area (TPSA) is 67.6 Å². The quantitative estimate of drug-likeness (QED) is 0.673. The molecule has 2 aromatic rings. The van der Waals surface area contributed by atoms with Crippen LogP contribution in [0, 0.1) is 10.1 Å². The van der Waals surface area contributed by atoms with E-state index in [4.69, 9.17) is 4.74 Å². The van der Waals surface area contributed by atoms with Crippen LogP contribution in [0.15, 0.2) is 35.7 Å². The van der Waals surface area contributed by atoms with Gasteiger partial charge in [0.25, 0.3) is 0 Å². The van der Waals surface area contributed by atoms with E-state index in [1.807, 2.05) is 23.6 Å². The number of ether oxygens (including phenoxy) is 1. The van der Waals surface area contributed by atoms with Crippen LogP contribution in [0.4, 0.5) is 5.00 Å². The van der Waals surface area contributed by atoms with Crippen LogP contribution < -0.4 is 10.1 Å². The molecule has 122 valence electrons. The molecule has 1 fully saturated rings. The van der Waals surface area contributed by atoms with Crippen molar-refractivity contribution in [2.45, 2.75) is 12.6 Å². The predicted molar refractivity (Wildman–Crippen MR) is 90.0 cm³/mol. The third kappa shape index (κ3) is 3.52. The van der Waals surface area contributed by atoms with Crippen molar-refractivity contribution in [2.75, 3.05) is 26.7 Å². The average Bonchev–Trinajstić information content (AvgIpc) is 3.04. The zero-order chi connectivity index (χ0) is 16.2. The minimum Gasteiger partial charge on any atom is -0.496 e. The molecule has 0 amide bonds. The Morgan fingerprint density at radius 3 is 3.04 bits per heavy atom. The molecule has 1 N–H and O–H groups in total. The highest BCUT2D eigenvalue weighted by Gasteiger charge is 2.26. The van der Waals surface area contributed by atoms with Gasteiger partial charge in [-0.1, -0.05) is 29.5 Å².